The molecule has 1 aromatic carbocycles. The van der Waals surface area contributed by atoms with Crippen LogP contribution in [0.15, 0.2) is 18.2 Å². The molecule has 2 heteroatoms. The van der Waals surface area contributed by atoms with Gasteiger partial charge in [-0.25, -0.2) is 0 Å². The molecule has 0 aromatic heterocycles. The first kappa shape index (κ1) is 13.2. The maximum absolute atomic E-state index is 3.41. The predicted octanol–water partition coefficient (Wildman–Crippen LogP) is 2.56. The van der Waals surface area contributed by atoms with Crippen LogP contribution in [0.4, 0.5) is 0 Å². The van der Waals surface area contributed by atoms with Crippen molar-refractivity contribution in [2.24, 2.45) is 0 Å². The maximum atomic E-state index is 3.41. The molecule has 0 spiro atoms. The quantitative estimate of drug-likeness (QED) is 0.720. The van der Waals surface area contributed by atoms with E-state index in [2.05, 4.69) is 42.7 Å². The maximum Gasteiger partial charge on any atom is 0.0320 e. The molecule has 0 aliphatic rings. The number of hydrogen-bond acceptors (Lipinski definition) is 2. The standard InChI is InChI=1S/C14H24N2/c1-11-7-8-13(12(2)10-11)14(16-4)6-5-9-15-3/h7-8,10,14-16H,5-6,9H2,1-4H3. The van der Waals surface area contributed by atoms with E-state index in [1.165, 1.54) is 29.5 Å². The first-order valence-corrected chi connectivity index (χ1v) is 6.08. The Morgan fingerprint density at radius 1 is 1.19 bits per heavy atom. The minimum atomic E-state index is 0.481. The first-order chi connectivity index (χ1) is 7.69. The van der Waals surface area contributed by atoms with Crippen molar-refractivity contribution in [2.45, 2.75) is 32.7 Å². The van der Waals surface area contributed by atoms with Crippen molar-refractivity contribution in [3.05, 3.63) is 34.9 Å². The molecule has 1 rings (SSSR count). The Bertz CT molecular complexity index is 321. The van der Waals surface area contributed by atoms with Crippen LogP contribution in [0.25, 0.3) is 0 Å². The number of hydrogen-bond donors (Lipinski definition) is 2. The van der Waals surface area contributed by atoms with Gasteiger partial charge in [0.2, 0.25) is 0 Å². The third kappa shape index (κ3) is 3.62. The van der Waals surface area contributed by atoms with Crippen molar-refractivity contribution in [3.63, 3.8) is 0 Å². The van der Waals surface area contributed by atoms with Crippen LogP contribution in [0.5, 0.6) is 0 Å². The Kier molecular flexibility index (Phi) is 5.50. The highest BCUT2D eigenvalue weighted by molar-refractivity contribution is 5.32. The molecular formula is C14H24N2. The minimum absolute atomic E-state index is 0.481. The van der Waals surface area contributed by atoms with Gasteiger partial charge < -0.3 is 10.6 Å². The Morgan fingerprint density at radius 2 is 1.94 bits per heavy atom. The summed E-state index contributed by atoms with van der Waals surface area (Å²) in [5, 5.41) is 6.60. The minimum Gasteiger partial charge on any atom is -0.320 e. The second kappa shape index (κ2) is 6.66. The molecule has 0 fully saturated rings. The summed E-state index contributed by atoms with van der Waals surface area (Å²) in [5.41, 5.74) is 4.17. The second-order valence-electron chi connectivity index (χ2n) is 4.45. The Balaban J connectivity index is 2.70. The summed E-state index contributed by atoms with van der Waals surface area (Å²) in [6, 6.07) is 7.20. The van der Waals surface area contributed by atoms with Gasteiger partial charge >= 0.3 is 0 Å². The van der Waals surface area contributed by atoms with Crippen LogP contribution >= 0.6 is 0 Å². The Hall–Kier alpha value is -0.860. The van der Waals surface area contributed by atoms with Crippen molar-refractivity contribution in [1.29, 1.82) is 0 Å². The molecule has 1 unspecified atom stereocenters. The van der Waals surface area contributed by atoms with Crippen LogP contribution in [-0.4, -0.2) is 20.6 Å². The topological polar surface area (TPSA) is 24.1 Å². The average molecular weight is 220 g/mol. The fourth-order valence-corrected chi connectivity index (χ4v) is 2.15. The number of nitrogens with one attached hydrogen (secondary N) is 2. The molecule has 1 aromatic rings. The van der Waals surface area contributed by atoms with Gasteiger partial charge in [0.25, 0.3) is 0 Å². The van der Waals surface area contributed by atoms with E-state index in [0.29, 0.717) is 6.04 Å². The van der Waals surface area contributed by atoms with Gasteiger partial charge in [-0.1, -0.05) is 23.8 Å². The van der Waals surface area contributed by atoms with E-state index in [4.69, 9.17) is 0 Å². The van der Waals surface area contributed by atoms with Crippen LogP contribution in [0.3, 0.4) is 0 Å². The highest BCUT2D eigenvalue weighted by atomic mass is 14.9. The number of benzene rings is 1. The van der Waals surface area contributed by atoms with Crippen LogP contribution in [0, 0.1) is 13.8 Å². The summed E-state index contributed by atoms with van der Waals surface area (Å²) in [6.07, 6.45) is 2.39. The van der Waals surface area contributed by atoms with E-state index in [9.17, 15) is 0 Å². The third-order valence-electron chi connectivity index (χ3n) is 3.07. The van der Waals surface area contributed by atoms with E-state index in [-0.39, 0.29) is 0 Å². The highest BCUT2D eigenvalue weighted by Gasteiger charge is 2.10. The third-order valence-corrected chi connectivity index (χ3v) is 3.07. The van der Waals surface area contributed by atoms with E-state index in [1.54, 1.807) is 0 Å². The largest absolute Gasteiger partial charge is 0.320 e. The van der Waals surface area contributed by atoms with Crippen LogP contribution < -0.4 is 10.6 Å². The Morgan fingerprint density at radius 3 is 2.50 bits per heavy atom. The SMILES string of the molecule is CNCCCC(NC)c1ccc(C)cc1C. The Labute approximate surface area is 99.5 Å². The van der Waals surface area contributed by atoms with Gasteiger partial charge in [0.1, 0.15) is 0 Å². The summed E-state index contributed by atoms with van der Waals surface area (Å²) >= 11 is 0. The zero-order valence-electron chi connectivity index (χ0n) is 10.9. The van der Waals surface area contributed by atoms with Gasteiger partial charge in [0.05, 0.1) is 0 Å². The van der Waals surface area contributed by atoms with Crippen molar-refractivity contribution in [1.82, 2.24) is 10.6 Å². The van der Waals surface area contributed by atoms with Crippen LogP contribution in [-0.2, 0) is 0 Å². The lowest BCUT2D eigenvalue weighted by Gasteiger charge is -2.19. The second-order valence-corrected chi connectivity index (χ2v) is 4.45. The lowest BCUT2D eigenvalue weighted by Crippen LogP contribution is -2.19. The molecule has 1 atom stereocenters. The fraction of sp³-hybridized carbons (Fsp3) is 0.571. The van der Waals surface area contributed by atoms with Gasteiger partial charge in [-0.3, -0.25) is 0 Å². The lowest BCUT2D eigenvalue weighted by atomic mass is 9.96. The monoisotopic (exact) mass is 220 g/mol. The zero-order valence-corrected chi connectivity index (χ0v) is 10.9. The summed E-state index contributed by atoms with van der Waals surface area (Å²) in [4.78, 5) is 0. The molecule has 2 N–H and O–H groups in total. The highest BCUT2D eigenvalue weighted by Crippen LogP contribution is 2.22. The molecule has 0 radical (unpaired) electrons. The molecular weight excluding hydrogens is 196 g/mol. The van der Waals surface area contributed by atoms with Crippen molar-refractivity contribution >= 4 is 0 Å². The van der Waals surface area contributed by atoms with Gasteiger partial charge in [-0.15, -0.1) is 0 Å². The molecule has 0 saturated carbocycles. The van der Waals surface area contributed by atoms with Gasteiger partial charge in [0, 0.05) is 6.04 Å². The van der Waals surface area contributed by atoms with E-state index >= 15 is 0 Å². The summed E-state index contributed by atoms with van der Waals surface area (Å²) in [5.74, 6) is 0. The smallest absolute Gasteiger partial charge is 0.0320 e. The van der Waals surface area contributed by atoms with Crippen LogP contribution in [0.1, 0.15) is 35.6 Å². The van der Waals surface area contributed by atoms with E-state index in [1.807, 2.05) is 14.1 Å². The molecule has 0 bridgehead atoms. The van der Waals surface area contributed by atoms with Crippen molar-refractivity contribution < 1.29 is 0 Å². The predicted molar refractivity (Wildman–Crippen MR) is 70.9 cm³/mol. The molecule has 0 amide bonds. The number of aryl methyl sites for hydroxylation is 2. The van der Waals surface area contributed by atoms with E-state index in [0.717, 1.165) is 6.54 Å². The molecule has 16 heavy (non-hydrogen) atoms. The molecule has 2 nitrogen and oxygen atoms in total. The summed E-state index contributed by atoms with van der Waals surface area (Å²) < 4.78 is 0. The molecule has 0 saturated heterocycles. The fourth-order valence-electron chi connectivity index (χ4n) is 2.15. The zero-order chi connectivity index (χ0) is 12.0. The molecule has 0 aliphatic heterocycles. The van der Waals surface area contributed by atoms with Crippen LogP contribution in [0.2, 0.25) is 0 Å². The average Bonchev–Trinajstić information content (AvgIpc) is 2.26. The van der Waals surface area contributed by atoms with Gasteiger partial charge in [-0.05, 0) is 58.5 Å². The van der Waals surface area contributed by atoms with E-state index < -0.39 is 0 Å². The number of rotatable bonds is 6. The van der Waals surface area contributed by atoms with Crippen molar-refractivity contribution in [2.75, 3.05) is 20.6 Å². The molecule has 0 heterocycles. The summed E-state index contributed by atoms with van der Waals surface area (Å²) in [7, 11) is 4.05. The molecule has 90 valence electrons. The first-order valence-electron chi connectivity index (χ1n) is 6.08. The van der Waals surface area contributed by atoms with Crippen molar-refractivity contribution in [3.8, 4) is 0 Å². The summed E-state index contributed by atoms with van der Waals surface area (Å²) in [6.45, 7) is 5.43. The van der Waals surface area contributed by atoms with Gasteiger partial charge in [0.15, 0.2) is 0 Å². The lowest BCUT2D eigenvalue weighted by molar-refractivity contribution is 0.516. The molecule has 0 aliphatic carbocycles. The normalized spacial score (nSPS) is 12.8. The van der Waals surface area contributed by atoms with Gasteiger partial charge in [-0.2, -0.15) is 0 Å².